The van der Waals surface area contributed by atoms with Crippen molar-refractivity contribution in [2.45, 2.75) is 6.43 Å². The maximum Gasteiger partial charge on any atom is 0.255 e. The third-order valence-corrected chi connectivity index (χ3v) is 1.46. The molecule has 3 N–H and O–H groups in total. The minimum Gasteiger partial charge on any atom is -0.384 e. The highest BCUT2D eigenvalue weighted by Gasteiger charge is 2.08. The van der Waals surface area contributed by atoms with Gasteiger partial charge in [0.05, 0.1) is 6.54 Å². The fourth-order valence-electron chi connectivity index (χ4n) is 0.861. The molecule has 0 aliphatic carbocycles. The first-order chi connectivity index (χ1) is 6.59. The standard InChI is InChI=1S/C8H9F2N3O/c9-6(10)4-13-8(14)5-1-2-12-7(11)3-5/h1-3,6H,4H2,(H2,11,12)(H,13,14). The number of amides is 1. The zero-order valence-corrected chi connectivity index (χ0v) is 7.21. The Balaban J connectivity index is 2.61. The van der Waals surface area contributed by atoms with Crippen LogP contribution in [0.2, 0.25) is 0 Å². The van der Waals surface area contributed by atoms with Crippen molar-refractivity contribution in [2.24, 2.45) is 0 Å². The Labute approximate surface area is 79.1 Å². The molecule has 6 heteroatoms. The third-order valence-electron chi connectivity index (χ3n) is 1.46. The van der Waals surface area contributed by atoms with E-state index in [1.165, 1.54) is 18.3 Å². The largest absolute Gasteiger partial charge is 0.384 e. The number of anilines is 1. The number of nitrogen functional groups attached to an aromatic ring is 1. The molecule has 14 heavy (non-hydrogen) atoms. The van der Waals surface area contributed by atoms with Crippen LogP contribution in [-0.2, 0) is 0 Å². The average Bonchev–Trinajstić information content (AvgIpc) is 2.14. The Hall–Kier alpha value is -1.72. The van der Waals surface area contributed by atoms with Gasteiger partial charge in [0.15, 0.2) is 0 Å². The van der Waals surface area contributed by atoms with E-state index in [1.807, 2.05) is 0 Å². The van der Waals surface area contributed by atoms with Gasteiger partial charge in [-0.15, -0.1) is 0 Å². The van der Waals surface area contributed by atoms with E-state index >= 15 is 0 Å². The van der Waals surface area contributed by atoms with E-state index in [2.05, 4.69) is 10.3 Å². The van der Waals surface area contributed by atoms with Gasteiger partial charge in [-0.05, 0) is 12.1 Å². The van der Waals surface area contributed by atoms with E-state index in [1.54, 1.807) is 0 Å². The molecular formula is C8H9F2N3O. The Bertz CT molecular complexity index is 330. The van der Waals surface area contributed by atoms with Crippen LogP contribution in [-0.4, -0.2) is 23.9 Å². The van der Waals surface area contributed by atoms with Crippen LogP contribution < -0.4 is 11.1 Å². The fraction of sp³-hybridized carbons (Fsp3) is 0.250. The first-order valence-electron chi connectivity index (χ1n) is 3.87. The lowest BCUT2D eigenvalue weighted by atomic mass is 10.2. The zero-order valence-electron chi connectivity index (χ0n) is 7.21. The smallest absolute Gasteiger partial charge is 0.255 e. The lowest BCUT2D eigenvalue weighted by Gasteiger charge is -2.04. The summed E-state index contributed by atoms with van der Waals surface area (Å²) in [4.78, 5) is 14.8. The molecule has 1 aromatic rings. The molecule has 0 bridgehead atoms. The van der Waals surface area contributed by atoms with Crippen molar-refractivity contribution < 1.29 is 13.6 Å². The summed E-state index contributed by atoms with van der Waals surface area (Å²) in [6.45, 7) is -0.666. The SMILES string of the molecule is Nc1cc(C(=O)NCC(F)F)ccn1. The van der Waals surface area contributed by atoms with Crippen LogP contribution in [0.15, 0.2) is 18.3 Å². The second kappa shape index (κ2) is 4.50. The van der Waals surface area contributed by atoms with Gasteiger partial charge in [0, 0.05) is 11.8 Å². The molecule has 1 amide bonds. The molecule has 0 atom stereocenters. The van der Waals surface area contributed by atoms with E-state index in [9.17, 15) is 13.6 Å². The Morgan fingerprint density at radius 3 is 2.93 bits per heavy atom. The molecule has 0 fully saturated rings. The normalized spacial score (nSPS) is 10.2. The number of rotatable bonds is 3. The Kier molecular flexibility index (Phi) is 3.33. The number of nitrogens with zero attached hydrogens (tertiary/aromatic N) is 1. The lowest BCUT2D eigenvalue weighted by Crippen LogP contribution is -2.28. The predicted octanol–water partition coefficient (Wildman–Crippen LogP) is 0.659. The van der Waals surface area contributed by atoms with Gasteiger partial charge in [0.25, 0.3) is 12.3 Å². The molecule has 1 rings (SSSR count). The van der Waals surface area contributed by atoms with Crippen LogP contribution in [0, 0.1) is 0 Å². The fourth-order valence-corrected chi connectivity index (χ4v) is 0.861. The van der Waals surface area contributed by atoms with Gasteiger partial charge in [-0.3, -0.25) is 4.79 Å². The molecule has 0 aliphatic heterocycles. The maximum atomic E-state index is 11.7. The van der Waals surface area contributed by atoms with Crippen LogP contribution in [0.25, 0.3) is 0 Å². The van der Waals surface area contributed by atoms with E-state index in [0.717, 1.165) is 0 Å². The Morgan fingerprint density at radius 2 is 2.36 bits per heavy atom. The summed E-state index contributed by atoms with van der Waals surface area (Å²) < 4.78 is 23.5. The number of nitrogens with two attached hydrogens (primary N) is 1. The highest BCUT2D eigenvalue weighted by molar-refractivity contribution is 5.94. The van der Waals surface area contributed by atoms with E-state index < -0.39 is 18.9 Å². The molecule has 76 valence electrons. The zero-order chi connectivity index (χ0) is 10.6. The summed E-state index contributed by atoms with van der Waals surface area (Å²) in [6.07, 6.45) is -1.22. The highest BCUT2D eigenvalue weighted by atomic mass is 19.3. The number of carbonyl (C=O) groups excluding carboxylic acids is 1. The first-order valence-corrected chi connectivity index (χ1v) is 3.87. The molecule has 0 radical (unpaired) electrons. The summed E-state index contributed by atoms with van der Waals surface area (Å²) >= 11 is 0. The van der Waals surface area contributed by atoms with Crippen LogP contribution >= 0.6 is 0 Å². The molecule has 1 heterocycles. The minimum atomic E-state index is -2.56. The number of hydrogen-bond donors (Lipinski definition) is 2. The molecule has 1 aromatic heterocycles. The third kappa shape index (κ3) is 2.96. The van der Waals surface area contributed by atoms with Gasteiger partial charge in [0.1, 0.15) is 5.82 Å². The van der Waals surface area contributed by atoms with Crippen LogP contribution in [0.3, 0.4) is 0 Å². The lowest BCUT2D eigenvalue weighted by molar-refractivity contribution is 0.0891. The highest BCUT2D eigenvalue weighted by Crippen LogP contribution is 2.02. The monoisotopic (exact) mass is 201 g/mol. The van der Waals surface area contributed by atoms with Gasteiger partial charge in [-0.1, -0.05) is 0 Å². The van der Waals surface area contributed by atoms with Crippen LogP contribution in [0.4, 0.5) is 14.6 Å². The van der Waals surface area contributed by atoms with Gasteiger partial charge in [0.2, 0.25) is 0 Å². The summed E-state index contributed by atoms with van der Waals surface area (Å²) in [5, 5.41) is 2.05. The summed E-state index contributed by atoms with van der Waals surface area (Å²) in [5.41, 5.74) is 5.53. The summed E-state index contributed by atoms with van der Waals surface area (Å²) in [5.74, 6) is -0.408. The summed E-state index contributed by atoms with van der Waals surface area (Å²) in [6, 6.07) is 2.72. The van der Waals surface area contributed by atoms with Gasteiger partial charge >= 0.3 is 0 Å². The van der Waals surface area contributed by atoms with Crippen LogP contribution in [0.1, 0.15) is 10.4 Å². The van der Waals surface area contributed by atoms with Crippen LogP contribution in [0.5, 0.6) is 0 Å². The molecule has 0 saturated heterocycles. The quantitative estimate of drug-likeness (QED) is 0.754. The second-order valence-corrected chi connectivity index (χ2v) is 2.57. The van der Waals surface area contributed by atoms with Crippen molar-refractivity contribution >= 4 is 11.7 Å². The van der Waals surface area contributed by atoms with Crippen molar-refractivity contribution in [3.05, 3.63) is 23.9 Å². The van der Waals surface area contributed by atoms with Crippen molar-refractivity contribution in [3.63, 3.8) is 0 Å². The topological polar surface area (TPSA) is 68.0 Å². The molecule has 0 aliphatic rings. The van der Waals surface area contributed by atoms with Crippen molar-refractivity contribution in [1.29, 1.82) is 0 Å². The van der Waals surface area contributed by atoms with E-state index in [0.29, 0.717) is 0 Å². The Morgan fingerprint density at radius 1 is 1.64 bits per heavy atom. The van der Waals surface area contributed by atoms with E-state index in [-0.39, 0.29) is 11.4 Å². The van der Waals surface area contributed by atoms with Gasteiger partial charge in [-0.25, -0.2) is 13.8 Å². The second-order valence-electron chi connectivity index (χ2n) is 2.57. The molecule has 4 nitrogen and oxygen atoms in total. The average molecular weight is 201 g/mol. The number of pyridine rings is 1. The number of halogens is 2. The maximum absolute atomic E-state index is 11.7. The predicted molar refractivity (Wildman–Crippen MR) is 47.0 cm³/mol. The van der Waals surface area contributed by atoms with Gasteiger partial charge < -0.3 is 11.1 Å². The molecule has 0 aromatic carbocycles. The number of aromatic nitrogens is 1. The molecule has 0 spiro atoms. The summed E-state index contributed by atoms with van der Waals surface area (Å²) in [7, 11) is 0. The number of hydrogen-bond acceptors (Lipinski definition) is 3. The van der Waals surface area contributed by atoms with Crippen molar-refractivity contribution in [3.8, 4) is 0 Å². The number of carbonyl (C=O) groups is 1. The number of alkyl halides is 2. The van der Waals surface area contributed by atoms with Crippen molar-refractivity contribution in [1.82, 2.24) is 10.3 Å². The molecule has 0 saturated carbocycles. The number of nitrogens with one attached hydrogen (secondary N) is 1. The van der Waals surface area contributed by atoms with Gasteiger partial charge in [-0.2, -0.15) is 0 Å². The first kappa shape index (κ1) is 10.4. The molecular weight excluding hydrogens is 192 g/mol. The minimum absolute atomic E-state index is 0.176. The molecule has 0 unspecified atom stereocenters. The van der Waals surface area contributed by atoms with Crippen molar-refractivity contribution in [2.75, 3.05) is 12.3 Å². The van der Waals surface area contributed by atoms with E-state index in [4.69, 9.17) is 5.73 Å².